The summed E-state index contributed by atoms with van der Waals surface area (Å²) in [5.41, 5.74) is 0. The quantitative estimate of drug-likeness (QED) is 0.735. The molecule has 4 heteroatoms. The number of ether oxygens (including phenoxy) is 1. The van der Waals surface area contributed by atoms with Gasteiger partial charge in [-0.15, -0.1) is 11.8 Å². The third-order valence-corrected chi connectivity index (χ3v) is 5.78. The van der Waals surface area contributed by atoms with E-state index < -0.39 is 0 Å². The van der Waals surface area contributed by atoms with Crippen molar-refractivity contribution in [2.75, 3.05) is 39.1 Å². The number of likely N-dealkylation sites (tertiary alicyclic amines) is 1. The molecule has 1 aliphatic rings. The van der Waals surface area contributed by atoms with E-state index in [2.05, 4.69) is 56.2 Å². The molecule has 3 unspecified atom stereocenters. The summed E-state index contributed by atoms with van der Waals surface area (Å²) in [4.78, 5) is 3.76. The molecule has 0 aromatic heterocycles. The maximum atomic E-state index is 9.53. The van der Waals surface area contributed by atoms with Gasteiger partial charge in [-0.05, 0) is 48.3 Å². The third-order valence-electron chi connectivity index (χ3n) is 5.04. The fourth-order valence-corrected chi connectivity index (χ4v) is 3.60. The number of thioether (sulfide) groups is 1. The van der Waals surface area contributed by atoms with E-state index in [1.807, 2.05) is 0 Å². The summed E-state index contributed by atoms with van der Waals surface area (Å²) in [7, 11) is 0. The van der Waals surface area contributed by atoms with Crippen LogP contribution in [0.3, 0.4) is 0 Å². The van der Waals surface area contributed by atoms with Gasteiger partial charge >= 0.3 is 0 Å². The lowest BCUT2D eigenvalue weighted by molar-refractivity contribution is 0.141. The van der Waals surface area contributed by atoms with E-state index in [9.17, 15) is 5.11 Å². The van der Waals surface area contributed by atoms with Gasteiger partial charge in [0.05, 0.1) is 6.61 Å². The zero-order valence-corrected chi connectivity index (χ0v) is 15.7. The molecule has 0 spiro atoms. The molecule has 2 rings (SSSR count). The number of nitrogens with zero attached hydrogens (tertiary/aromatic N) is 1. The normalized spacial score (nSPS) is 23.4. The smallest absolute Gasteiger partial charge is 0.119 e. The molecule has 23 heavy (non-hydrogen) atoms. The summed E-state index contributed by atoms with van der Waals surface area (Å²) in [6.07, 6.45) is 2.08. The van der Waals surface area contributed by atoms with Gasteiger partial charge in [0.2, 0.25) is 0 Å². The van der Waals surface area contributed by atoms with Crippen LogP contribution in [0.15, 0.2) is 29.2 Å². The number of hydrogen-bond donors (Lipinski definition) is 1. The van der Waals surface area contributed by atoms with E-state index in [4.69, 9.17) is 4.74 Å². The van der Waals surface area contributed by atoms with Crippen LogP contribution in [-0.4, -0.2) is 49.1 Å². The Morgan fingerprint density at radius 3 is 2.52 bits per heavy atom. The minimum atomic E-state index is 0.283. The first-order valence-electron chi connectivity index (χ1n) is 8.63. The molecule has 0 aliphatic carbocycles. The Morgan fingerprint density at radius 2 is 1.96 bits per heavy atom. The fourth-order valence-electron chi connectivity index (χ4n) is 3.19. The van der Waals surface area contributed by atoms with Gasteiger partial charge in [0.25, 0.3) is 0 Å². The van der Waals surface area contributed by atoms with Gasteiger partial charge < -0.3 is 14.7 Å². The molecule has 1 heterocycles. The fraction of sp³-hybridized carbons (Fsp3) is 0.684. The zero-order valence-electron chi connectivity index (χ0n) is 14.9. The Hall–Kier alpha value is -0.710. The van der Waals surface area contributed by atoms with Crippen LogP contribution in [0.5, 0.6) is 5.75 Å². The average molecular weight is 338 g/mol. The van der Waals surface area contributed by atoms with Crippen LogP contribution in [-0.2, 0) is 0 Å². The molecule has 3 atom stereocenters. The van der Waals surface area contributed by atoms with E-state index in [0.29, 0.717) is 23.7 Å². The van der Waals surface area contributed by atoms with E-state index in [-0.39, 0.29) is 6.61 Å². The van der Waals surface area contributed by atoms with Crippen LogP contribution in [0.4, 0.5) is 0 Å². The average Bonchev–Trinajstić information content (AvgIpc) is 2.90. The monoisotopic (exact) mass is 337 g/mol. The summed E-state index contributed by atoms with van der Waals surface area (Å²) in [5, 5.41) is 9.53. The van der Waals surface area contributed by atoms with Gasteiger partial charge in [-0.25, -0.2) is 0 Å². The van der Waals surface area contributed by atoms with Crippen LogP contribution < -0.4 is 4.74 Å². The molecular formula is C19H31NO2S. The van der Waals surface area contributed by atoms with E-state index in [1.165, 1.54) is 4.90 Å². The summed E-state index contributed by atoms with van der Waals surface area (Å²) in [6.45, 7) is 11.0. The number of rotatable bonds is 8. The van der Waals surface area contributed by atoms with Crippen LogP contribution in [0.1, 0.15) is 20.8 Å². The molecule has 0 saturated carbocycles. The van der Waals surface area contributed by atoms with Gasteiger partial charge in [0, 0.05) is 37.1 Å². The minimum absolute atomic E-state index is 0.283. The summed E-state index contributed by atoms with van der Waals surface area (Å²) >= 11 is 1.75. The van der Waals surface area contributed by atoms with Crippen molar-refractivity contribution >= 4 is 11.8 Å². The lowest BCUT2D eigenvalue weighted by Gasteiger charge is -2.25. The van der Waals surface area contributed by atoms with E-state index in [0.717, 1.165) is 32.0 Å². The highest BCUT2D eigenvalue weighted by Crippen LogP contribution is 2.26. The molecule has 1 saturated heterocycles. The Morgan fingerprint density at radius 1 is 1.26 bits per heavy atom. The Kier molecular flexibility index (Phi) is 7.25. The van der Waals surface area contributed by atoms with E-state index in [1.54, 1.807) is 11.8 Å². The molecular weight excluding hydrogens is 306 g/mol. The highest BCUT2D eigenvalue weighted by molar-refractivity contribution is 7.98. The molecule has 0 bridgehead atoms. The van der Waals surface area contributed by atoms with Crippen molar-refractivity contribution in [2.45, 2.75) is 25.7 Å². The van der Waals surface area contributed by atoms with Crippen molar-refractivity contribution in [2.24, 2.45) is 23.7 Å². The summed E-state index contributed by atoms with van der Waals surface area (Å²) in [5.74, 6) is 3.08. The Bertz CT molecular complexity index is 463. The van der Waals surface area contributed by atoms with Crippen molar-refractivity contribution in [3.05, 3.63) is 24.3 Å². The predicted octanol–water partition coefficient (Wildman–Crippen LogP) is 3.62. The maximum Gasteiger partial charge on any atom is 0.119 e. The zero-order chi connectivity index (χ0) is 16.8. The first-order valence-corrected chi connectivity index (χ1v) is 9.86. The van der Waals surface area contributed by atoms with Gasteiger partial charge in [0.15, 0.2) is 0 Å². The standard InChI is InChI=1S/C19H31NO2S/c1-14(2)16(12-21)10-20-9-15(3)17(11-20)13-22-18-5-7-19(23-4)8-6-18/h5-8,14-17,21H,9-13H2,1-4H3. The Balaban J connectivity index is 1.81. The van der Waals surface area contributed by atoms with Gasteiger partial charge in [-0.1, -0.05) is 20.8 Å². The van der Waals surface area contributed by atoms with Gasteiger partial charge in [-0.2, -0.15) is 0 Å². The van der Waals surface area contributed by atoms with Crippen molar-refractivity contribution in [1.29, 1.82) is 0 Å². The maximum absolute atomic E-state index is 9.53. The van der Waals surface area contributed by atoms with Gasteiger partial charge in [0.1, 0.15) is 5.75 Å². The first kappa shape index (κ1) is 18.6. The highest BCUT2D eigenvalue weighted by Gasteiger charge is 2.31. The summed E-state index contributed by atoms with van der Waals surface area (Å²) < 4.78 is 6.00. The predicted molar refractivity (Wildman–Crippen MR) is 98.2 cm³/mol. The first-order chi connectivity index (χ1) is 11.0. The van der Waals surface area contributed by atoms with Crippen molar-refractivity contribution in [1.82, 2.24) is 4.90 Å². The van der Waals surface area contributed by atoms with Crippen LogP contribution >= 0.6 is 11.8 Å². The van der Waals surface area contributed by atoms with Crippen molar-refractivity contribution in [3.8, 4) is 5.75 Å². The molecule has 3 nitrogen and oxygen atoms in total. The lowest BCUT2D eigenvalue weighted by Crippen LogP contribution is -2.32. The molecule has 0 radical (unpaired) electrons. The molecule has 130 valence electrons. The van der Waals surface area contributed by atoms with Crippen LogP contribution in [0.2, 0.25) is 0 Å². The third kappa shape index (κ3) is 5.40. The summed E-state index contributed by atoms with van der Waals surface area (Å²) in [6, 6.07) is 8.34. The van der Waals surface area contributed by atoms with Gasteiger partial charge in [-0.3, -0.25) is 0 Å². The molecule has 1 aromatic rings. The molecule has 0 amide bonds. The largest absolute Gasteiger partial charge is 0.493 e. The van der Waals surface area contributed by atoms with Crippen molar-refractivity contribution < 1.29 is 9.84 Å². The minimum Gasteiger partial charge on any atom is -0.493 e. The lowest BCUT2D eigenvalue weighted by atomic mass is 9.96. The second-order valence-electron chi connectivity index (χ2n) is 7.13. The highest BCUT2D eigenvalue weighted by atomic mass is 32.2. The van der Waals surface area contributed by atoms with Crippen LogP contribution in [0.25, 0.3) is 0 Å². The number of hydrogen-bond acceptors (Lipinski definition) is 4. The van der Waals surface area contributed by atoms with Crippen LogP contribution in [0, 0.1) is 23.7 Å². The Labute approximate surface area is 145 Å². The second-order valence-corrected chi connectivity index (χ2v) is 8.01. The molecule has 1 aliphatic heterocycles. The molecule has 1 fully saturated rings. The topological polar surface area (TPSA) is 32.7 Å². The molecule has 1 aromatic carbocycles. The number of aliphatic hydroxyl groups excluding tert-OH is 1. The number of benzene rings is 1. The SMILES string of the molecule is CSc1ccc(OCC2CN(CC(CO)C(C)C)CC2C)cc1. The molecule has 1 N–H and O–H groups in total. The van der Waals surface area contributed by atoms with Crippen molar-refractivity contribution in [3.63, 3.8) is 0 Å². The second kappa shape index (κ2) is 8.95. The van der Waals surface area contributed by atoms with E-state index >= 15 is 0 Å². The number of aliphatic hydroxyl groups is 1.